The first kappa shape index (κ1) is 13.9. The number of nitrogens with zero attached hydrogens (tertiary/aromatic N) is 5. The number of carbonyl (C=O) groups is 1. The molecule has 1 fully saturated rings. The van der Waals surface area contributed by atoms with Gasteiger partial charge in [0.1, 0.15) is 5.65 Å². The van der Waals surface area contributed by atoms with E-state index in [9.17, 15) is 4.79 Å². The van der Waals surface area contributed by atoms with Gasteiger partial charge in [-0.25, -0.2) is 4.98 Å². The van der Waals surface area contributed by atoms with Gasteiger partial charge in [0.25, 0.3) is 11.7 Å². The third-order valence-electron chi connectivity index (χ3n) is 4.09. The van der Waals surface area contributed by atoms with Crippen molar-refractivity contribution in [3.63, 3.8) is 0 Å². The zero-order valence-electron chi connectivity index (χ0n) is 12.4. The Labute approximate surface area is 131 Å². The van der Waals surface area contributed by atoms with Crippen LogP contribution in [0.1, 0.15) is 41.1 Å². The lowest BCUT2D eigenvalue weighted by Crippen LogP contribution is -2.23. The van der Waals surface area contributed by atoms with Crippen molar-refractivity contribution >= 4 is 11.6 Å². The van der Waals surface area contributed by atoms with Crippen LogP contribution in [0.4, 0.5) is 0 Å². The molecule has 3 aromatic heterocycles. The number of hydrogen-bond acceptors (Lipinski definition) is 6. The van der Waals surface area contributed by atoms with Crippen LogP contribution in [0, 0.1) is 0 Å². The van der Waals surface area contributed by atoms with Gasteiger partial charge in [-0.3, -0.25) is 9.69 Å². The lowest BCUT2D eigenvalue weighted by atomic mass is 10.2. The summed E-state index contributed by atoms with van der Waals surface area (Å²) in [6.45, 7) is 1.62. The van der Waals surface area contributed by atoms with Gasteiger partial charge < -0.3 is 14.7 Å². The highest BCUT2D eigenvalue weighted by atomic mass is 16.5. The lowest BCUT2D eigenvalue weighted by molar-refractivity contribution is 0.0987. The Kier molecular flexibility index (Phi) is 3.30. The molecule has 118 valence electrons. The number of pyridine rings is 1. The van der Waals surface area contributed by atoms with E-state index in [-0.39, 0.29) is 11.9 Å². The van der Waals surface area contributed by atoms with E-state index in [1.807, 2.05) is 35.0 Å². The second kappa shape index (κ2) is 5.47. The molecular formula is C15H16N6O2. The van der Waals surface area contributed by atoms with Crippen LogP contribution >= 0.6 is 0 Å². The SMILES string of the molecule is NC(=O)c1noc(C2CCCN2Cc2cn3ccccc3n2)n1. The normalized spacial score (nSPS) is 18.7. The van der Waals surface area contributed by atoms with Crippen molar-refractivity contribution in [2.24, 2.45) is 5.73 Å². The highest BCUT2D eigenvalue weighted by molar-refractivity contribution is 5.88. The Hall–Kier alpha value is -2.74. The molecule has 3 aromatic rings. The average Bonchev–Trinajstić information content (AvgIpc) is 3.25. The van der Waals surface area contributed by atoms with Gasteiger partial charge in [-0.2, -0.15) is 4.98 Å². The quantitative estimate of drug-likeness (QED) is 0.775. The van der Waals surface area contributed by atoms with Gasteiger partial charge in [0.15, 0.2) is 0 Å². The molecule has 8 heteroatoms. The molecule has 0 radical (unpaired) electrons. The summed E-state index contributed by atoms with van der Waals surface area (Å²) in [6.07, 6.45) is 5.94. The number of carbonyl (C=O) groups excluding carboxylic acids is 1. The predicted molar refractivity (Wildman–Crippen MR) is 80.4 cm³/mol. The molecule has 8 nitrogen and oxygen atoms in total. The van der Waals surface area contributed by atoms with Crippen LogP contribution in [0.15, 0.2) is 35.1 Å². The minimum absolute atomic E-state index is 0.000382. The van der Waals surface area contributed by atoms with E-state index in [1.54, 1.807) is 0 Å². The number of imidazole rings is 1. The van der Waals surface area contributed by atoms with Gasteiger partial charge in [-0.15, -0.1) is 0 Å². The number of fused-ring (bicyclic) bond motifs is 1. The molecule has 2 N–H and O–H groups in total. The number of primary amides is 1. The molecule has 0 bridgehead atoms. The smallest absolute Gasteiger partial charge is 0.290 e. The molecule has 0 saturated carbocycles. The van der Waals surface area contributed by atoms with Gasteiger partial charge >= 0.3 is 0 Å². The van der Waals surface area contributed by atoms with Crippen molar-refractivity contribution in [3.05, 3.63) is 48.0 Å². The van der Waals surface area contributed by atoms with Crippen molar-refractivity contribution in [2.75, 3.05) is 6.54 Å². The van der Waals surface area contributed by atoms with Crippen LogP contribution in [0.2, 0.25) is 0 Å². The fourth-order valence-electron chi connectivity index (χ4n) is 3.04. The highest BCUT2D eigenvalue weighted by Gasteiger charge is 2.31. The van der Waals surface area contributed by atoms with Crippen LogP contribution in [-0.4, -0.2) is 36.9 Å². The van der Waals surface area contributed by atoms with Crippen LogP contribution in [-0.2, 0) is 6.54 Å². The number of hydrogen-bond donors (Lipinski definition) is 1. The van der Waals surface area contributed by atoms with E-state index >= 15 is 0 Å². The van der Waals surface area contributed by atoms with E-state index in [0.717, 1.165) is 30.7 Å². The summed E-state index contributed by atoms with van der Waals surface area (Å²) in [4.78, 5) is 22.1. The molecule has 1 atom stereocenters. The van der Waals surface area contributed by atoms with E-state index in [2.05, 4.69) is 20.0 Å². The third-order valence-corrected chi connectivity index (χ3v) is 4.09. The van der Waals surface area contributed by atoms with E-state index in [1.165, 1.54) is 0 Å². The second-order valence-electron chi connectivity index (χ2n) is 5.65. The second-order valence-corrected chi connectivity index (χ2v) is 5.65. The zero-order chi connectivity index (χ0) is 15.8. The maximum atomic E-state index is 11.1. The summed E-state index contributed by atoms with van der Waals surface area (Å²) in [7, 11) is 0. The minimum Gasteiger partial charge on any atom is -0.363 e. The maximum absolute atomic E-state index is 11.1. The monoisotopic (exact) mass is 312 g/mol. The first-order valence-corrected chi connectivity index (χ1v) is 7.51. The average molecular weight is 312 g/mol. The predicted octanol–water partition coefficient (Wildman–Crippen LogP) is 1.15. The molecule has 1 aliphatic rings. The van der Waals surface area contributed by atoms with Crippen LogP contribution in [0.3, 0.4) is 0 Å². The van der Waals surface area contributed by atoms with Crippen molar-refractivity contribution in [1.29, 1.82) is 0 Å². The van der Waals surface area contributed by atoms with Crippen molar-refractivity contribution in [1.82, 2.24) is 24.4 Å². The van der Waals surface area contributed by atoms with Crippen molar-refractivity contribution in [2.45, 2.75) is 25.4 Å². The molecular weight excluding hydrogens is 296 g/mol. The van der Waals surface area contributed by atoms with E-state index in [4.69, 9.17) is 10.3 Å². The summed E-state index contributed by atoms with van der Waals surface area (Å²) in [5.74, 6) is -0.301. The zero-order valence-corrected chi connectivity index (χ0v) is 12.4. The fourth-order valence-corrected chi connectivity index (χ4v) is 3.04. The third kappa shape index (κ3) is 2.57. The Balaban J connectivity index is 1.56. The Bertz CT molecular complexity index is 821. The van der Waals surface area contributed by atoms with Crippen molar-refractivity contribution < 1.29 is 9.32 Å². The van der Waals surface area contributed by atoms with E-state index < -0.39 is 5.91 Å². The minimum atomic E-state index is -0.676. The van der Waals surface area contributed by atoms with Crippen LogP contribution in [0.25, 0.3) is 5.65 Å². The number of nitrogens with two attached hydrogens (primary N) is 1. The maximum Gasteiger partial charge on any atom is 0.290 e. The van der Waals surface area contributed by atoms with Crippen molar-refractivity contribution in [3.8, 4) is 0 Å². The highest BCUT2D eigenvalue weighted by Crippen LogP contribution is 2.32. The summed E-state index contributed by atoms with van der Waals surface area (Å²) in [6, 6.07) is 5.91. The largest absolute Gasteiger partial charge is 0.363 e. The number of aromatic nitrogens is 4. The van der Waals surface area contributed by atoms with Gasteiger partial charge in [0, 0.05) is 18.9 Å². The molecule has 4 heterocycles. The standard InChI is InChI=1S/C15H16N6O2/c16-13(22)14-18-15(23-19-14)11-4-3-7-20(11)8-10-9-21-6-2-1-5-12(21)17-10/h1-2,5-6,9,11H,3-4,7-8H2,(H2,16,22). The molecule has 1 saturated heterocycles. The molecule has 1 aliphatic heterocycles. The van der Waals surface area contributed by atoms with Gasteiger partial charge in [0.2, 0.25) is 5.89 Å². The summed E-state index contributed by atoms with van der Waals surface area (Å²) in [5.41, 5.74) is 7.08. The molecule has 1 unspecified atom stereocenters. The molecule has 23 heavy (non-hydrogen) atoms. The molecule has 1 amide bonds. The summed E-state index contributed by atoms with van der Waals surface area (Å²) in [5, 5.41) is 3.63. The molecule has 0 aliphatic carbocycles. The summed E-state index contributed by atoms with van der Waals surface area (Å²) < 4.78 is 7.21. The molecule has 0 aromatic carbocycles. The Morgan fingerprint density at radius 1 is 1.39 bits per heavy atom. The molecule has 4 rings (SSSR count). The first-order valence-electron chi connectivity index (χ1n) is 7.51. The Morgan fingerprint density at radius 2 is 2.30 bits per heavy atom. The van der Waals surface area contributed by atoms with E-state index in [0.29, 0.717) is 12.4 Å². The number of amides is 1. The number of rotatable bonds is 4. The lowest BCUT2D eigenvalue weighted by Gasteiger charge is -2.19. The summed E-state index contributed by atoms with van der Waals surface area (Å²) >= 11 is 0. The van der Waals surface area contributed by atoms with Gasteiger partial charge in [0.05, 0.1) is 11.7 Å². The topological polar surface area (TPSA) is 103 Å². The number of likely N-dealkylation sites (tertiary alicyclic amines) is 1. The Morgan fingerprint density at radius 3 is 3.09 bits per heavy atom. The molecule has 0 spiro atoms. The van der Waals surface area contributed by atoms with Crippen LogP contribution in [0.5, 0.6) is 0 Å². The van der Waals surface area contributed by atoms with Gasteiger partial charge in [-0.05, 0) is 31.5 Å². The van der Waals surface area contributed by atoms with Gasteiger partial charge in [-0.1, -0.05) is 11.2 Å². The fraction of sp³-hybridized carbons (Fsp3) is 0.333. The van der Waals surface area contributed by atoms with Crippen LogP contribution < -0.4 is 5.73 Å². The first-order chi connectivity index (χ1) is 11.2.